The number of carbonyl (C=O) groups excluding carboxylic acids is 2. The number of benzene rings is 3. The Morgan fingerprint density at radius 3 is 2.44 bits per heavy atom. The minimum absolute atomic E-state index is 0.175. The SMILES string of the molecule is COc1cc(C(=O)NC(Cc2ccccc2)C(=O)NC2CC2)ccc1OCc1ccccc1Cl. The Morgan fingerprint density at radius 1 is 1.00 bits per heavy atom. The van der Waals surface area contributed by atoms with Crippen LogP contribution in [-0.4, -0.2) is 31.0 Å². The van der Waals surface area contributed by atoms with Crippen LogP contribution in [0.4, 0.5) is 0 Å². The number of ether oxygens (including phenoxy) is 2. The van der Waals surface area contributed by atoms with Crippen LogP contribution in [0.1, 0.15) is 34.3 Å². The van der Waals surface area contributed by atoms with Gasteiger partial charge in [0.15, 0.2) is 11.5 Å². The molecular weight excluding hydrogens is 452 g/mol. The van der Waals surface area contributed by atoms with Crippen molar-refractivity contribution in [3.63, 3.8) is 0 Å². The Hall–Kier alpha value is -3.51. The van der Waals surface area contributed by atoms with Gasteiger partial charge in [-0.15, -0.1) is 0 Å². The Balaban J connectivity index is 1.46. The van der Waals surface area contributed by atoms with Gasteiger partial charge in [0, 0.05) is 28.6 Å². The molecule has 176 valence electrons. The van der Waals surface area contributed by atoms with Gasteiger partial charge < -0.3 is 20.1 Å². The standard InChI is InChI=1S/C27H27ClN2O4/c1-33-25-16-19(11-14-24(25)34-17-20-9-5-6-10-22(20)28)26(31)30-23(27(32)29-21-12-13-21)15-18-7-3-2-4-8-18/h2-11,14,16,21,23H,12-13,15,17H2,1H3,(H,29,32)(H,30,31). The molecule has 1 atom stereocenters. The summed E-state index contributed by atoms with van der Waals surface area (Å²) in [6.45, 7) is 0.266. The fourth-order valence-electron chi connectivity index (χ4n) is 3.53. The quantitative estimate of drug-likeness (QED) is 0.448. The van der Waals surface area contributed by atoms with Crippen molar-refractivity contribution >= 4 is 23.4 Å². The highest BCUT2D eigenvalue weighted by Gasteiger charge is 2.29. The molecule has 2 amide bonds. The summed E-state index contributed by atoms with van der Waals surface area (Å²) >= 11 is 6.20. The maximum Gasteiger partial charge on any atom is 0.252 e. The fourth-order valence-corrected chi connectivity index (χ4v) is 3.72. The topological polar surface area (TPSA) is 76.7 Å². The van der Waals surface area contributed by atoms with Gasteiger partial charge in [-0.1, -0.05) is 60.1 Å². The Kier molecular flexibility index (Phi) is 7.70. The highest BCUT2D eigenvalue weighted by molar-refractivity contribution is 6.31. The van der Waals surface area contributed by atoms with E-state index in [1.54, 1.807) is 24.3 Å². The van der Waals surface area contributed by atoms with Gasteiger partial charge in [-0.2, -0.15) is 0 Å². The maximum atomic E-state index is 13.0. The van der Waals surface area contributed by atoms with Crippen LogP contribution in [0.5, 0.6) is 11.5 Å². The summed E-state index contributed by atoms with van der Waals surface area (Å²) in [4.78, 5) is 25.9. The van der Waals surface area contributed by atoms with Crippen molar-refractivity contribution in [3.8, 4) is 11.5 Å². The molecule has 0 aromatic heterocycles. The molecule has 0 saturated heterocycles. The molecule has 0 bridgehead atoms. The van der Waals surface area contributed by atoms with Crippen molar-refractivity contribution in [3.05, 3.63) is 94.5 Å². The molecule has 6 nitrogen and oxygen atoms in total. The number of halogens is 1. The zero-order valence-corrected chi connectivity index (χ0v) is 19.7. The van der Waals surface area contributed by atoms with Crippen LogP contribution in [0.3, 0.4) is 0 Å². The first-order valence-electron chi connectivity index (χ1n) is 11.2. The minimum atomic E-state index is -0.683. The summed E-state index contributed by atoms with van der Waals surface area (Å²) in [7, 11) is 1.51. The van der Waals surface area contributed by atoms with Gasteiger partial charge in [-0.25, -0.2) is 0 Å². The first kappa shape index (κ1) is 23.6. The molecule has 1 fully saturated rings. The first-order valence-corrected chi connectivity index (χ1v) is 11.6. The van der Waals surface area contributed by atoms with Crippen molar-refractivity contribution in [2.24, 2.45) is 0 Å². The second-order valence-corrected chi connectivity index (χ2v) is 8.65. The predicted octanol–water partition coefficient (Wildman–Crippen LogP) is 4.55. The van der Waals surface area contributed by atoms with Crippen molar-refractivity contribution < 1.29 is 19.1 Å². The number of amides is 2. The normalized spacial score (nSPS) is 13.6. The molecule has 7 heteroatoms. The molecule has 0 aliphatic heterocycles. The molecule has 3 aromatic carbocycles. The van der Waals surface area contributed by atoms with Crippen LogP contribution in [0.2, 0.25) is 5.02 Å². The molecule has 0 heterocycles. The van der Waals surface area contributed by atoms with E-state index < -0.39 is 6.04 Å². The smallest absolute Gasteiger partial charge is 0.252 e. The number of rotatable bonds is 10. The number of nitrogens with one attached hydrogen (secondary N) is 2. The number of hydrogen-bond donors (Lipinski definition) is 2. The summed E-state index contributed by atoms with van der Waals surface area (Å²) in [6.07, 6.45) is 2.36. The summed E-state index contributed by atoms with van der Waals surface area (Å²) in [5.74, 6) is 0.377. The number of methoxy groups -OCH3 is 1. The summed E-state index contributed by atoms with van der Waals surface area (Å²) < 4.78 is 11.3. The van der Waals surface area contributed by atoms with E-state index in [-0.39, 0.29) is 24.5 Å². The van der Waals surface area contributed by atoms with E-state index in [9.17, 15) is 9.59 Å². The second-order valence-electron chi connectivity index (χ2n) is 8.24. The van der Waals surface area contributed by atoms with E-state index in [0.29, 0.717) is 28.5 Å². The van der Waals surface area contributed by atoms with E-state index in [4.69, 9.17) is 21.1 Å². The lowest BCUT2D eigenvalue weighted by Crippen LogP contribution is -2.48. The highest BCUT2D eigenvalue weighted by atomic mass is 35.5. The van der Waals surface area contributed by atoms with E-state index in [2.05, 4.69) is 10.6 Å². The van der Waals surface area contributed by atoms with Crippen LogP contribution in [0.15, 0.2) is 72.8 Å². The average Bonchev–Trinajstić information content (AvgIpc) is 3.67. The Labute approximate surface area is 204 Å². The van der Waals surface area contributed by atoms with Crippen LogP contribution in [-0.2, 0) is 17.8 Å². The third-order valence-electron chi connectivity index (χ3n) is 5.60. The van der Waals surface area contributed by atoms with E-state index >= 15 is 0 Å². The zero-order chi connectivity index (χ0) is 23.9. The van der Waals surface area contributed by atoms with Gasteiger partial charge in [-0.05, 0) is 42.7 Å². The summed E-state index contributed by atoms with van der Waals surface area (Å²) in [5.41, 5.74) is 2.19. The van der Waals surface area contributed by atoms with E-state index in [1.807, 2.05) is 48.5 Å². The number of carbonyl (C=O) groups is 2. The van der Waals surface area contributed by atoms with Crippen LogP contribution in [0, 0.1) is 0 Å². The third kappa shape index (κ3) is 6.29. The summed E-state index contributed by atoms with van der Waals surface area (Å²) in [6, 6.07) is 21.5. The molecule has 1 aliphatic rings. The van der Waals surface area contributed by atoms with E-state index in [1.165, 1.54) is 7.11 Å². The maximum absolute atomic E-state index is 13.0. The van der Waals surface area contributed by atoms with Gasteiger partial charge in [0.25, 0.3) is 5.91 Å². The lowest BCUT2D eigenvalue weighted by Gasteiger charge is -2.19. The van der Waals surface area contributed by atoms with Gasteiger partial charge >= 0.3 is 0 Å². The van der Waals surface area contributed by atoms with Crippen molar-refractivity contribution in [1.29, 1.82) is 0 Å². The molecule has 4 rings (SSSR count). The van der Waals surface area contributed by atoms with E-state index in [0.717, 1.165) is 24.0 Å². The largest absolute Gasteiger partial charge is 0.493 e. The average molecular weight is 479 g/mol. The Bertz CT molecular complexity index is 1150. The third-order valence-corrected chi connectivity index (χ3v) is 5.96. The van der Waals surface area contributed by atoms with Gasteiger partial charge in [0.2, 0.25) is 5.91 Å². The summed E-state index contributed by atoms with van der Waals surface area (Å²) in [5, 5.41) is 6.49. The molecule has 3 aromatic rings. The minimum Gasteiger partial charge on any atom is -0.493 e. The molecule has 0 spiro atoms. The van der Waals surface area contributed by atoms with Crippen molar-refractivity contribution in [1.82, 2.24) is 10.6 Å². The molecule has 34 heavy (non-hydrogen) atoms. The number of hydrogen-bond acceptors (Lipinski definition) is 4. The molecule has 0 radical (unpaired) electrons. The van der Waals surface area contributed by atoms with Crippen LogP contribution < -0.4 is 20.1 Å². The van der Waals surface area contributed by atoms with Gasteiger partial charge in [0.05, 0.1) is 7.11 Å². The van der Waals surface area contributed by atoms with Crippen molar-refractivity contribution in [2.45, 2.75) is 38.0 Å². The Morgan fingerprint density at radius 2 is 1.74 bits per heavy atom. The lowest BCUT2D eigenvalue weighted by molar-refractivity contribution is -0.123. The molecular formula is C27H27ClN2O4. The predicted molar refractivity (Wildman–Crippen MR) is 131 cm³/mol. The molecule has 2 N–H and O–H groups in total. The van der Waals surface area contributed by atoms with Crippen molar-refractivity contribution in [2.75, 3.05) is 7.11 Å². The second kappa shape index (κ2) is 11.1. The molecule has 1 unspecified atom stereocenters. The zero-order valence-electron chi connectivity index (χ0n) is 18.9. The monoisotopic (exact) mass is 478 g/mol. The van der Waals surface area contributed by atoms with Crippen LogP contribution >= 0.6 is 11.6 Å². The van der Waals surface area contributed by atoms with Gasteiger partial charge in [-0.3, -0.25) is 9.59 Å². The van der Waals surface area contributed by atoms with Gasteiger partial charge in [0.1, 0.15) is 12.6 Å². The van der Waals surface area contributed by atoms with Crippen LogP contribution in [0.25, 0.3) is 0 Å². The molecule has 1 aliphatic carbocycles. The molecule has 1 saturated carbocycles. The highest BCUT2D eigenvalue weighted by Crippen LogP contribution is 2.30. The fraction of sp³-hybridized carbons (Fsp3) is 0.259. The lowest BCUT2D eigenvalue weighted by atomic mass is 10.0. The first-order chi connectivity index (χ1) is 16.5.